The normalized spacial score (nSPS) is 12.1. The minimum absolute atomic E-state index is 0.462. The lowest BCUT2D eigenvalue weighted by Gasteiger charge is -2.19. The molecule has 9 rings (SSSR count). The number of fused-ring (bicyclic) bond motifs is 6. The molecule has 0 saturated heterocycles. The first-order valence-electron chi connectivity index (χ1n) is 16.6. The topological polar surface area (TPSA) is 81.2 Å². The van der Waals surface area contributed by atoms with E-state index in [1.807, 2.05) is 42.5 Å². The van der Waals surface area contributed by atoms with Crippen molar-refractivity contribution in [2.45, 2.75) is 12.8 Å². The number of allylic oxidation sites excluding steroid dienone is 1. The maximum absolute atomic E-state index is 10.4. The predicted molar refractivity (Wildman–Crippen MR) is 200 cm³/mol. The molecule has 0 unspecified atom stereocenters. The molecule has 2 heterocycles. The van der Waals surface area contributed by atoms with Crippen LogP contribution in [0, 0.1) is 34.0 Å². The number of aromatic nitrogens is 2. The van der Waals surface area contributed by atoms with Gasteiger partial charge in [0.05, 0.1) is 57.1 Å². The van der Waals surface area contributed by atoms with Gasteiger partial charge in [-0.2, -0.15) is 15.8 Å². The molecule has 6 aromatic carbocycles. The Balaban J connectivity index is 1.14. The molecule has 0 radical (unpaired) electrons. The summed E-state index contributed by atoms with van der Waals surface area (Å²) in [6, 6.07) is 50.0. The van der Waals surface area contributed by atoms with E-state index >= 15 is 0 Å². The van der Waals surface area contributed by atoms with Crippen molar-refractivity contribution < 1.29 is 0 Å². The third-order valence-corrected chi connectivity index (χ3v) is 9.89. The Morgan fingerprint density at radius 1 is 0.520 bits per heavy atom. The van der Waals surface area contributed by atoms with E-state index in [-0.39, 0.29) is 0 Å². The summed E-state index contributed by atoms with van der Waals surface area (Å²) in [5.41, 5.74) is 12.9. The van der Waals surface area contributed by atoms with Crippen LogP contribution in [0.3, 0.4) is 0 Å². The van der Waals surface area contributed by atoms with Crippen molar-refractivity contribution in [3.8, 4) is 51.8 Å². The van der Waals surface area contributed by atoms with Crippen molar-refractivity contribution in [2.24, 2.45) is 0 Å². The fraction of sp³-hybridized carbons (Fsp3) is 0.0444. The van der Waals surface area contributed by atoms with Gasteiger partial charge in [-0.05, 0) is 84.1 Å². The predicted octanol–water partition coefficient (Wildman–Crippen LogP) is 10.6. The van der Waals surface area contributed by atoms with Crippen LogP contribution in [-0.4, -0.2) is 9.13 Å². The van der Waals surface area contributed by atoms with Crippen LogP contribution in [0.4, 0.5) is 0 Å². The van der Waals surface area contributed by atoms with E-state index in [1.165, 1.54) is 11.3 Å². The Morgan fingerprint density at radius 3 is 1.88 bits per heavy atom. The van der Waals surface area contributed by atoms with E-state index < -0.39 is 0 Å². The summed E-state index contributed by atoms with van der Waals surface area (Å²) in [6.45, 7) is 0. The number of hydrogen-bond donors (Lipinski definition) is 0. The van der Waals surface area contributed by atoms with Crippen molar-refractivity contribution in [3.05, 3.63) is 161 Å². The van der Waals surface area contributed by atoms with E-state index in [1.54, 1.807) is 6.07 Å². The molecule has 5 nitrogen and oxygen atoms in total. The zero-order valence-corrected chi connectivity index (χ0v) is 26.9. The average Bonchev–Trinajstić information content (AvgIpc) is 3.70. The molecule has 0 fully saturated rings. The average molecular weight is 638 g/mol. The molecule has 0 N–H and O–H groups in total. The van der Waals surface area contributed by atoms with Crippen LogP contribution in [0.25, 0.3) is 72.4 Å². The van der Waals surface area contributed by atoms with E-state index in [4.69, 9.17) is 0 Å². The molecule has 1 aliphatic carbocycles. The first-order valence-corrected chi connectivity index (χ1v) is 16.6. The van der Waals surface area contributed by atoms with Gasteiger partial charge >= 0.3 is 0 Å². The van der Waals surface area contributed by atoms with Crippen molar-refractivity contribution in [3.63, 3.8) is 0 Å². The molecule has 2 aromatic heterocycles. The lowest BCUT2D eigenvalue weighted by Crippen LogP contribution is -2.06. The lowest BCUT2D eigenvalue weighted by atomic mass is 9.93. The minimum atomic E-state index is 0.462. The molecular formula is C45H27N5. The highest BCUT2D eigenvalue weighted by Crippen LogP contribution is 2.40. The summed E-state index contributed by atoms with van der Waals surface area (Å²) in [5.74, 6) is 0. The number of para-hydroxylation sites is 2. The quantitative estimate of drug-likeness (QED) is 0.193. The van der Waals surface area contributed by atoms with E-state index in [9.17, 15) is 15.8 Å². The summed E-state index contributed by atoms with van der Waals surface area (Å²) in [7, 11) is 0. The second kappa shape index (κ2) is 11.5. The third kappa shape index (κ3) is 4.45. The second-order valence-corrected chi connectivity index (χ2v) is 12.6. The fourth-order valence-corrected chi connectivity index (χ4v) is 7.66. The maximum Gasteiger partial charge on any atom is 0.0999 e. The van der Waals surface area contributed by atoms with Gasteiger partial charge in [0.1, 0.15) is 0 Å². The zero-order valence-electron chi connectivity index (χ0n) is 26.9. The van der Waals surface area contributed by atoms with Crippen LogP contribution in [-0.2, 0) is 6.42 Å². The number of nitrogens with zero attached hydrogens (tertiary/aromatic N) is 5. The molecule has 0 aliphatic heterocycles. The molecule has 0 atom stereocenters. The second-order valence-electron chi connectivity index (χ2n) is 12.6. The molecule has 0 amide bonds. The highest BCUT2D eigenvalue weighted by Gasteiger charge is 2.23. The lowest BCUT2D eigenvalue weighted by molar-refractivity contribution is 0.889. The van der Waals surface area contributed by atoms with Gasteiger partial charge in [-0.3, -0.25) is 0 Å². The Kier molecular flexibility index (Phi) is 6.70. The number of benzene rings is 6. The summed E-state index contributed by atoms with van der Waals surface area (Å²) in [4.78, 5) is 0. The molecule has 0 saturated carbocycles. The molecule has 50 heavy (non-hydrogen) atoms. The van der Waals surface area contributed by atoms with Crippen molar-refractivity contribution in [2.75, 3.05) is 0 Å². The van der Waals surface area contributed by atoms with Crippen LogP contribution in [0.2, 0.25) is 0 Å². The number of rotatable bonds is 4. The van der Waals surface area contributed by atoms with Gasteiger partial charge in [-0.15, -0.1) is 0 Å². The largest absolute Gasteiger partial charge is 0.312 e. The van der Waals surface area contributed by atoms with Gasteiger partial charge in [0.15, 0.2) is 0 Å². The van der Waals surface area contributed by atoms with Crippen LogP contribution >= 0.6 is 0 Å². The summed E-state index contributed by atoms with van der Waals surface area (Å²) < 4.78 is 4.50. The van der Waals surface area contributed by atoms with Crippen LogP contribution < -0.4 is 0 Å². The Labute approximate surface area is 289 Å². The van der Waals surface area contributed by atoms with Gasteiger partial charge in [0.25, 0.3) is 0 Å². The molecular weight excluding hydrogens is 611 g/mol. The van der Waals surface area contributed by atoms with E-state index in [0.717, 1.165) is 79.2 Å². The Morgan fingerprint density at radius 2 is 1.16 bits per heavy atom. The maximum atomic E-state index is 10.4. The SMILES string of the molecule is N#Cc1cc(C#N)c(-c2ccc(-c3ccc(-n4c5ccccc5c5cc(C#N)ccc54)cc3)cc2)c(-n2c3c(c4ccccc42)C=CCC3)c1. The highest BCUT2D eigenvalue weighted by atomic mass is 15.0. The minimum Gasteiger partial charge on any atom is -0.312 e. The Hall–Kier alpha value is -7.13. The summed E-state index contributed by atoms with van der Waals surface area (Å²) in [5, 5.41) is 33.2. The van der Waals surface area contributed by atoms with Crippen LogP contribution in [0.1, 0.15) is 34.4 Å². The first-order chi connectivity index (χ1) is 24.7. The molecule has 0 spiro atoms. The Bertz CT molecular complexity index is 2820. The fourth-order valence-electron chi connectivity index (χ4n) is 7.66. The molecule has 5 heteroatoms. The van der Waals surface area contributed by atoms with Crippen LogP contribution in [0.5, 0.6) is 0 Å². The standard InChI is InChI=1S/C45H27N5/c46-26-29-13-22-43-39(24-29)38-9-3-4-10-40(38)49(43)35-20-18-32(19-21-35)31-14-16-33(17-15-31)45-34(28-48)23-30(27-47)25-44(45)50-41-11-5-1-7-36(41)37-8-2-6-12-42(37)50/h1-5,7-11,13-25H,6,12H2. The van der Waals surface area contributed by atoms with E-state index in [0.29, 0.717) is 16.7 Å². The summed E-state index contributed by atoms with van der Waals surface area (Å²) >= 11 is 0. The van der Waals surface area contributed by atoms with Gasteiger partial charge in [0.2, 0.25) is 0 Å². The number of hydrogen-bond acceptors (Lipinski definition) is 3. The molecule has 8 aromatic rings. The van der Waals surface area contributed by atoms with E-state index in [2.05, 4.69) is 118 Å². The first kappa shape index (κ1) is 29.0. The zero-order chi connectivity index (χ0) is 33.8. The van der Waals surface area contributed by atoms with Crippen LogP contribution in [0.15, 0.2) is 133 Å². The van der Waals surface area contributed by atoms with Gasteiger partial charge in [0, 0.05) is 38.7 Å². The highest BCUT2D eigenvalue weighted by molar-refractivity contribution is 6.09. The van der Waals surface area contributed by atoms with Gasteiger partial charge < -0.3 is 9.13 Å². The molecule has 1 aliphatic rings. The van der Waals surface area contributed by atoms with Gasteiger partial charge in [-0.25, -0.2) is 0 Å². The summed E-state index contributed by atoms with van der Waals surface area (Å²) in [6.07, 6.45) is 6.23. The van der Waals surface area contributed by atoms with Crippen molar-refractivity contribution in [1.82, 2.24) is 9.13 Å². The number of nitriles is 3. The molecule has 232 valence electrons. The smallest absolute Gasteiger partial charge is 0.0999 e. The van der Waals surface area contributed by atoms with Crippen molar-refractivity contribution in [1.29, 1.82) is 15.8 Å². The monoisotopic (exact) mass is 637 g/mol. The molecule has 0 bridgehead atoms. The third-order valence-electron chi connectivity index (χ3n) is 9.89. The van der Waals surface area contributed by atoms with Gasteiger partial charge in [-0.1, -0.05) is 84.9 Å². The van der Waals surface area contributed by atoms with Crippen molar-refractivity contribution >= 4 is 38.8 Å².